The van der Waals surface area contributed by atoms with Gasteiger partial charge in [-0.2, -0.15) is 5.10 Å². The molecule has 0 aromatic carbocycles. The zero-order valence-electron chi connectivity index (χ0n) is 16.1. The van der Waals surface area contributed by atoms with Gasteiger partial charge in [0.1, 0.15) is 0 Å². The molecule has 0 radical (unpaired) electrons. The maximum absolute atomic E-state index is 12.5. The summed E-state index contributed by atoms with van der Waals surface area (Å²) in [5, 5.41) is 4.45. The number of nitrogens with zero attached hydrogens (tertiary/aromatic N) is 5. The number of urea groups is 1. The molecule has 1 aromatic rings. The summed E-state index contributed by atoms with van der Waals surface area (Å²) in [5.74, 6) is 0.179. The standard InChI is InChI=1S/C17H29N5O3S/c1-5-6-22-13(2)14(9-18-22)10-20-7-8-21(17(23)19(3)4)16-12-26(24,25)11-15(16)20/h9,15-16H,5-8,10-12H2,1-4H3/t15-,16+/m0/s1. The van der Waals surface area contributed by atoms with E-state index in [0.717, 1.165) is 24.2 Å². The van der Waals surface area contributed by atoms with Crippen LogP contribution >= 0.6 is 0 Å². The Bertz CT molecular complexity index is 773. The van der Waals surface area contributed by atoms with E-state index < -0.39 is 9.84 Å². The first-order valence-electron chi connectivity index (χ1n) is 9.17. The van der Waals surface area contributed by atoms with E-state index in [1.165, 1.54) is 4.90 Å². The van der Waals surface area contributed by atoms with E-state index in [2.05, 4.69) is 23.8 Å². The molecule has 0 saturated carbocycles. The zero-order valence-corrected chi connectivity index (χ0v) is 16.9. The molecule has 2 saturated heterocycles. The van der Waals surface area contributed by atoms with Crippen molar-refractivity contribution in [1.82, 2.24) is 24.5 Å². The molecule has 2 atom stereocenters. The normalized spacial score (nSPS) is 25.3. The Kier molecular flexibility index (Phi) is 5.30. The third-order valence-electron chi connectivity index (χ3n) is 5.43. The van der Waals surface area contributed by atoms with Crippen molar-refractivity contribution in [1.29, 1.82) is 0 Å². The Balaban J connectivity index is 1.81. The monoisotopic (exact) mass is 383 g/mol. The van der Waals surface area contributed by atoms with Gasteiger partial charge in [-0.3, -0.25) is 9.58 Å². The van der Waals surface area contributed by atoms with Gasteiger partial charge >= 0.3 is 6.03 Å². The fraction of sp³-hybridized carbons (Fsp3) is 0.765. The van der Waals surface area contributed by atoms with Gasteiger partial charge in [-0.1, -0.05) is 6.92 Å². The van der Waals surface area contributed by atoms with Gasteiger partial charge in [-0.05, 0) is 13.3 Å². The maximum Gasteiger partial charge on any atom is 0.319 e. The first-order valence-corrected chi connectivity index (χ1v) is 11.0. The van der Waals surface area contributed by atoms with E-state index in [0.29, 0.717) is 19.6 Å². The van der Waals surface area contributed by atoms with E-state index in [9.17, 15) is 13.2 Å². The molecule has 1 aromatic heterocycles. The summed E-state index contributed by atoms with van der Waals surface area (Å²) in [6.45, 7) is 6.97. The lowest BCUT2D eigenvalue weighted by molar-refractivity contribution is 0.0519. The molecule has 0 spiro atoms. The Hall–Kier alpha value is -1.61. The number of rotatable bonds is 4. The second-order valence-corrected chi connectivity index (χ2v) is 9.68. The molecule has 9 heteroatoms. The maximum atomic E-state index is 12.5. The third kappa shape index (κ3) is 3.59. The van der Waals surface area contributed by atoms with Crippen LogP contribution in [-0.4, -0.2) is 89.7 Å². The van der Waals surface area contributed by atoms with Gasteiger partial charge in [-0.15, -0.1) is 0 Å². The number of hydrogen-bond donors (Lipinski definition) is 0. The highest BCUT2D eigenvalue weighted by atomic mass is 32.2. The third-order valence-corrected chi connectivity index (χ3v) is 7.13. The van der Waals surface area contributed by atoms with Crippen LogP contribution in [0.15, 0.2) is 6.20 Å². The van der Waals surface area contributed by atoms with Crippen molar-refractivity contribution in [3.8, 4) is 0 Å². The number of fused-ring (bicyclic) bond motifs is 1. The van der Waals surface area contributed by atoms with Crippen LogP contribution in [-0.2, 0) is 22.9 Å². The summed E-state index contributed by atoms with van der Waals surface area (Å²) in [7, 11) is 0.279. The quantitative estimate of drug-likeness (QED) is 0.759. The lowest BCUT2D eigenvalue weighted by atomic mass is 10.0. The van der Waals surface area contributed by atoms with Gasteiger partial charge in [0.15, 0.2) is 9.84 Å². The minimum atomic E-state index is -3.13. The fourth-order valence-electron chi connectivity index (χ4n) is 4.01. The van der Waals surface area contributed by atoms with Crippen LogP contribution in [0.1, 0.15) is 24.6 Å². The molecule has 2 aliphatic rings. The minimum absolute atomic E-state index is 0.0574. The molecule has 0 N–H and O–H groups in total. The number of carbonyl (C=O) groups is 1. The number of hydrogen-bond acceptors (Lipinski definition) is 5. The molecule has 8 nitrogen and oxygen atoms in total. The van der Waals surface area contributed by atoms with E-state index >= 15 is 0 Å². The fourth-order valence-corrected chi connectivity index (χ4v) is 6.02. The average Bonchev–Trinajstić information content (AvgIpc) is 3.07. The van der Waals surface area contributed by atoms with Gasteiger partial charge in [0.05, 0.1) is 23.7 Å². The summed E-state index contributed by atoms with van der Waals surface area (Å²) in [6.07, 6.45) is 2.91. The van der Waals surface area contributed by atoms with E-state index in [1.54, 1.807) is 19.0 Å². The van der Waals surface area contributed by atoms with Gasteiger partial charge < -0.3 is 9.80 Å². The Labute approximate surface area is 155 Å². The summed E-state index contributed by atoms with van der Waals surface area (Å²) in [5.41, 5.74) is 2.27. The minimum Gasteiger partial charge on any atom is -0.331 e. The molecule has 2 amide bonds. The average molecular weight is 384 g/mol. The van der Waals surface area contributed by atoms with Gasteiger partial charge in [0.25, 0.3) is 0 Å². The largest absolute Gasteiger partial charge is 0.331 e. The molecule has 0 unspecified atom stereocenters. The zero-order chi connectivity index (χ0) is 19.1. The topological polar surface area (TPSA) is 78.8 Å². The second-order valence-electron chi connectivity index (χ2n) is 7.53. The number of sulfone groups is 1. The van der Waals surface area contributed by atoms with Crippen LogP contribution in [0.25, 0.3) is 0 Å². The van der Waals surface area contributed by atoms with Gasteiger partial charge in [-0.25, -0.2) is 13.2 Å². The van der Waals surface area contributed by atoms with Crippen LogP contribution in [0.5, 0.6) is 0 Å². The van der Waals surface area contributed by atoms with Crippen LogP contribution in [0.4, 0.5) is 4.79 Å². The van der Waals surface area contributed by atoms with Gasteiger partial charge in [0.2, 0.25) is 0 Å². The van der Waals surface area contributed by atoms with Crippen LogP contribution in [0.3, 0.4) is 0 Å². The van der Waals surface area contributed by atoms with Crippen molar-refractivity contribution in [3.63, 3.8) is 0 Å². The van der Waals surface area contributed by atoms with Gasteiger partial charge in [0, 0.05) is 57.6 Å². The molecule has 146 valence electrons. The Morgan fingerprint density at radius 3 is 2.62 bits per heavy atom. The van der Waals surface area contributed by atoms with Crippen molar-refractivity contribution in [2.24, 2.45) is 0 Å². The summed E-state index contributed by atoms with van der Waals surface area (Å²) < 4.78 is 26.6. The highest BCUT2D eigenvalue weighted by Gasteiger charge is 2.48. The highest BCUT2D eigenvalue weighted by molar-refractivity contribution is 7.91. The number of piperazine rings is 1. The number of aromatic nitrogens is 2. The summed E-state index contributed by atoms with van der Waals surface area (Å²) >= 11 is 0. The van der Waals surface area contributed by atoms with Crippen LogP contribution in [0, 0.1) is 6.92 Å². The molecule has 2 aliphatic heterocycles. The molecular formula is C17H29N5O3S. The van der Waals surface area contributed by atoms with Crippen LogP contribution in [0.2, 0.25) is 0 Å². The highest BCUT2D eigenvalue weighted by Crippen LogP contribution is 2.29. The lowest BCUT2D eigenvalue weighted by Gasteiger charge is -2.44. The predicted octanol–water partition coefficient (Wildman–Crippen LogP) is 0.566. The second kappa shape index (κ2) is 7.19. The number of aryl methyl sites for hydroxylation is 1. The molecule has 3 rings (SSSR count). The molecule has 0 bridgehead atoms. The summed E-state index contributed by atoms with van der Waals surface area (Å²) in [6, 6.07) is -0.523. The molecule has 26 heavy (non-hydrogen) atoms. The Morgan fingerprint density at radius 1 is 1.27 bits per heavy atom. The first-order chi connectivity index (χ1) is 12.2. The van der Waals surface area contributed by atoms with Crippen molar-refractivity contribution < 1.29 is 13.2 Å². The van der Waals surface area contributed by atoms with E-state index in [4.69, 9.17) is 0 Å². The van der Waals surface area contributed by atoms with E-state index in [-0.39, 0.29) is 29.6 Å². The van der Waals surface area contributed by atoms with Crippen molar-refractivity contribution in [2.75, 3.05) is 38.7 Å². The predicted molar refractivity (Wildman–Crippen MR) is 99.7 cm³/mol. The summed E-state index contributed by atoms with van der Waals surface area (Å²) in [4.78, 5) is 17.9. The Morgan fingerprint density at radius 2 is 1.96 bits per heavy atom. The van der Waals surface area contributed by atoms with Crippen molar-refractivity contribution >= 4 is 15.9 Å². The van der Waals surface area contributed by atoms with Crippen molar-refractivity contribution in [3.05, 3.63) is 17.5 Å². The number of carbonyl (C=O) groups excluding carboxylic acids is 1. The van der Waals surface area contributed by atoms with E-state index in [1.807, 2.05) is 10.9 Å². The molecule has 3 heterocycles. The first kappa shape index (κ1) is 19.2. The molecule has 2 fully saturated rings. The molecule has 0 aliphatic carbocycles. The lowest BCUT2D eigenvalue weighted by Crippen LogP contribution is -2.61. The van der Waals surface area contributed by atoms with Crippen LogP contribution < -0.4 is 0 Å². The van der Waals surface area contributed by atoms with Crippen molar-refractivity contribution in [2.45, 2.75) is 45.4 Å². The SMILES string of the molecule is CCCn1ncc(CN2CCN(C(=O)N(C)C)[C@@H]3CS(=O)(=O)C[C@@H]32)c1C. The smallest absolute Gasteiger partial charge is 0.319 e. The number of amides is 2. The molecular weight excluding hydrogens is 354 g/mol.